The number of carbonyl (C=O) groups excluding carboxylic acids is 2. The number of hydrogen-bond acceptors (Lipinski definition) is 4. The van der Waals surface area contributed by atoms with E-state index in [9.17, 15) is 9.59 Å². The number of ether oxygens (including phenoxy) is 1. The number of carbonyl (C=O) groups is 2. The van der Waals surface area contributed by atoms with Gasteiger partial charge in [-0.15, -0.1) is 0 Å². The molecule has 2 aromatic carbocycles. The van der Waals surface area contributed by atoms with Crippen molar-refractivity contribution in [3.8, 4) is 5.75 Å². The zero-order valence-corrected chi connectivity index (χ0v) is 18.8. The molecule has 0 bridgehead atoms. The maximum atomic E-state index is 12.8. The summed E-state index contributed by atoms with van der Waals surface area (Å²) in [6.45, 7) is 6.91. The van der Waals surface area contributed by atoms with E-state index in [1.807, 2.05) is 43.3 Å². The Morgan fingerprint density at radius 1 is 1.10 bits per heavy atom. The number of hydrogen-bond donors (Lipinski definition) is 2. The van der Waals surface area contributed by atoms with Gasteiger partial charge in [-0.1, -0.05) is 34.1 Å². The quantitative estimate of drug-likeness (QED) is 0.669. The summed E-state index contributed by atoms with van der Waals surface area (Å²) in [6, 6.07) is 14.2. The standard InChI is InChI=1S/C22H27BrN4O3/c1-3-30-20-10-5-4-9-19(20)26-11-13-27(14-12-26)21(28)16(2)24-22(29)25-18-8-6-7-17(23)15-18/h4-10,15-16H,3,11-14H2,1-2H3,(H2,24,25,29). The van der Waals surface area contributed by atoms with Crippen LogP contribution in [0.1, 0.15) is 13.8 Å². The predicted octanol–water partition coefficient (Wildman–Crippen LogP) is 3.71. The number of amides is 3. The SMILES string of the molecule is CCOc1ccccc1N1CCN(C(=O)C(C)NC(=O)Nc2cccc(Br)c2)CC1. The molecule has 2 aromatic rings. The maximum Gasteiger partial charge on any atom is 0.319 e. The molecule has 0 aliphatic carbocycles. The third-order valence-electron chi connectivity index (χ3n) is 4.90. The number of rotatable bonds is 6. The average molecular weight is 475 g/mol. The van der Waals surface area contributed by atoms with Crippen LogP contribution in [0.2, 0.25) is 0 Å². The lowest BCUT2D eigenvalue weighted by Crippen LogP contribution is -2.54. The largest absolute Gasteiger partial charge is 0.492 e. The van der Waals surface area contributed by atoms with Crippen LogP contribution < -0.4 is 20.3 Å². The molecule has 3 amide bonds. The van der Waals surface area contributed by atoms with Crippen molar-refractivity contribution in [1.82, 2.24) is 10.2 Å². The first-order valence-corrected chi connectivity index (χ1v) is 10.9. The number of urea groups is 1. The van der Waals surface area contributed by atoms with Gasteiger partial charge in [0.1, 0.15) is 11.8 Å². The molecule has 3 rings (SSSR count). The molecule has 0 aromatic heterocycles. The van der Waals surface area contributed by atoms with E-state index in [1.165, 1.54) is 0 Å². The summed E-state index contributed by atoms with van der Waals surface area (Å²) in [5.41, 5.74) is 1.70. The maximum absolute atomic E-state index is 12.8. The Balaban J connectivity index is 1.51. The molecule has 1 atom stereocenters. The van der Waals surface area contributed by atoms with E-state index >= 15 is 0 Å². The van der Waals surface area contributed by atoms with Gasteiger partial charge >= 0.3 is 6.03 Å². The van der Waals surface area contributed by atoms with Gasteiger partial charge in [0.15, 0.2) is 0 Å². The molecule has 7 nitrogen and oxygen atoms in total. The molecule has 8 heteroatoms. The molecule has 160 valence electrons. The van der Waals surface area contributed by atoms with Gasteiger partial charge < -0.3 is 25.2 Å². The van der Waals surface area contributed by atoms with Gasteiger partial charge in [0.25, 0.3) is 0 Å². The third-order valence-corrected chi connectivity index (χ3v) is 5.39. The Hall–Kier alpha value is -2.74. The van der Waals surface area contributed by atoms with Gasteiger partial charge in [-0.25, -0.2) is 4.79 Å². The number of anilines is 2. The van der Waals surface area contributed by atoms with Crippen molar-refractivity contribution in [3.63, 3.8) is 0 Å². The fourth-order valence-corrected chi connectivity index (χ4v) is 3.83. The summed E-state index contributed by atoms with van der Waals surface area (Å²) in [7, 11) is 0. The minimum atomic E-state index is -0.612. The first-order chi connectivity index (χ1) is 14.5. The second-order valence-corrected chi connectivity index (χ2v) is 7.96. The molecular weight excluding hydrogens is 448 g/mol. The van der Waals surface area contributed by atoms with Gasteiger partial charge in [0.05, 0.1) is 12.3 Å². The van der Waals surface area contributed by atoms with Crippen LogP contribution in [-0.2, 0) is 4.79 Å². The summed E-state index contributed by atoms with van der Waals surface area (Å²) in [4.78, 5) is 29.0. The summed E-state index contributed by atoms with van der Waals surface area (Å²) < 4.78 is 6.59. The molecular formula is C22H27BrN4O3. The van der Waals surface area contributed by atoms with Gasteiger partial charge in [-0.3, -0.25) is 4.79 Å². The first kappa shape index (κ1) is 22.0. The number of piperazine rings is 1. The zero-order valence-electron chi connectivity index (χ0n) is 17.2. The fraction of sp³-hybridized carbons (Fsp3) is 0.364. The fourth-order valence-electron chi connectivity index (χ4n) is 3.43. The van der Waals surface area contributed by atoms with Crippen LogP contribution in [0.5, 0.6) is 5.75 Å². The van der Waals surface area contributed by atoms with Crippen LogP contribution in [0.15, 0.2) is 53.0 Å². The summed E-state index contributed by atoms with van der Waals surface area (Å²) in [5.74, 6) is 0.774. The van der Waals surface area contributed by atoms with Crippen LogP contribution >= 0.6 is 15.9 Å². The number of benzene rings is 2. The molecule has 1 fully saturated rings. The average Bonchev–Trinajstić information content (AvgIpc) is 2.74. The zero-order chi connectivity index (χ0) is 21.5. The highest BCUT2D eigenvalue weighted by Crippen LogP contribution is 2.28. The lowest BCUT2D eigenvalue weighted by atomic mass is 10.2. The molecule has 2 N–H and O–H groups in total. The Morgan fingerprint density at radius 3 is 2.53 bits per heavy atom. The molecule has 1 aliphatic heterocycles. The van der Waals surface area contributed by atoms with E-state index in [-0.39, 0.29) is 5.91 Å². The minimum absolute atomic E-state index is 0.0860. The van der Waals surface area contributed by atoms with E-state index in [4.69, 9.17) is 4.74 Å². The second kappa shape index (κ2) is 10.3. The summed E-state index contributed by atoms with van der Waals surface area (Å²) in [5, 5.41) is 5.47. The van der Waals surface area contributed by atoms with E-state index in [1.54, 1.807) is 24.0 Å². The smallest absolute Gasteiger partial charge is 0.319 e. The Labute approximate surface area is 185 Å². The number of nitrogens with zero attached hydrogens (tertiary/aromatic N) is 2. The highest BCUT2D eigenvalue weighted by atomic mass is 79.9. The molecule has 1 unspecified atom stereocenters. The lowest BCUT2D eigenvalue weighted by molar-refractivity contribution is -0.133. The van der Waals surface area contributed by atoms with Gasteiger partial charge in [-0.2, -0.15) is 0 Å². The topological polar surface area (TPSA) is 73.9 Å². The molecule has 1 aliphatic rings. The Bertz CT molecular complexity index is 884. The van der Waals surface area contributed by atoms with E-state index in [2.05, 4.69) is 31.5 Å². The number of nitrogens with one attached hydrogen (secondary N) is 2. The third kappa shape index (κ3) is 5.66. The molecule has 0 radical (unpaired) electrons. The van der Waals surface area contributed by atoms with Gasteiger partial charge in [0.2, 0.25) is 5.91 Å². The molecule has 1 saturated heterocycles. The highest BCUT2D eigenvalue weighted by Gasteiger charge is 2.26. The molecule has 0 spiro atoms. The van der Waals surface area contributed by atoms with Crippen LogP contribution in [-0.4, -0.2) is 55.7 Å². The highest BCUT2D eigenvalue weighted by molar-refractivity contribution is 9.10. The van der Waals surface area contributed by atoms with Crippen LogP contribution in [0, 0.1) is 0 Å². The van der Waals surface area contributed by atoms with Crippen molar-refractivity contribution < 1.29 is 14.3 Å². The Morgan fingerprint density at radius 2 is 1.83 bits per heavy atom. The lowest BCUT2D eigenvalue weighted by Gasteiger charge is -2.37. The number of halogens is 1. The minimum Gasteiger partial charge on any atom is -0.492 e. The van der Waals surface area contributed by atoms with Crippen LogP contribution in [0.3, 0.4) is 0 Å². The summed E-state index contributed by atoms with van der Waals surface area (Å²) >= 11 is 3.37. The van der Waals surface area contributed by atoms with Crippen LogP contribution in [0.4, 0.5) is 16.2 Å². The van der Waals surface area contributed by atoms with Crippen molar-refractivity contribution in [2.24, 2.45) is 0 Å². The number of para-hydroxylation sites is 2. The predicted molar refractivity (Wildman–Crippen MR) is 122 cm³/mol. The second-order valence-electron chi connectivity index (χ2n) is 7.04. The van der Waals surface area contributed by atoms with Crippen molar-refractivity contribution >= 4 is 39.2 Å². The van der Waals surface area contributed by atoms with Gasteiger partial charge in [0, 0.05) is 36.3 Å². The van der Waals surface area contributed by atoms with Crippen LogP contribution in [0.25, 0.3) is 0 Å². The van der Waals surface area contributed by atoms with Gasteiger partial charge in [-0.05, 0) is 44.2 Å². The van der Waals surface area contributed by atoms with E-state index in [0.717, 1.165) is 15.9 Å². The summed E-state index contributed by atoms with van der Waals surface area (Å²) in [6.07, 6.45) is 0. The van der Waals surface area contributed by atoms with Crippen molar-refractivity contribution in [2.75, 3.05) is 43.0 Å². The van der Waals surface area contributed by atoms with E-state index in [0.29, 0.717) is 38.5 Å². The molecule has 30 heavy (non-hydrogen) atoms. The van der Waals surface area contributed by atoms with Crippen molar-refractivity contribution in [1.29, 1.82) is 0 Å². The van der Waals surface area contributed by atoms with E-state index < -0.39 is 12.1 Å². The first-order valence-electron chi connectivity index (χ1n) is 10.1. The Kier molecular flexibility index (Phi) is 7.57. The van der Waals surface area contributed by atoms with Crippen molar-refractivity contribution in [3.05, 3.63) is 53.0 Å². The monoisotopic (exact) mass is 474 g/mol. The van der Waals surface area contributed by atoms with Crippen molar-refractivity contribution in [2.45, 2.75) is 19.9 Å². The molecule has 1 heterocycles. The normalized spacial score (nSPS) is 14.8. The molecule has 0 saturated carbocycles.